The lowest BCUT2D eigenvalue weighted by Gasteiger charge is -2.21. The number of amides is 1. The van der Waals surface area contributed by atoms with Crippen molar-refractivity contribution in [3.8, 4) is 0 Å². The quantitative estimate of drug-likeness (QED) is 0.402. The maximum atomic E-state index is 13.4. The molecular formula is C26H26N2O3S. The van der Waals surface area contributed by atoms with E-state index in [-0.39, 0.29) is 23.1 Å². The zero-order chi connectivity index (χ0) is 22.7. The van der Waals surface area contributed by atoms with Gasteiger partial charge in [-0.15, -0.1) is 0 Å². The van der Waals surface area contributed by atoms with Crippen LogP contribution in [0, 0.1) is 6.92 Å². The molecule has 1 amide bonds. The minimum absolute atomic E-state index is 0.0587. The van der Waals surface area contributed by atoms with Crippen LogP contribution in [-0.4, -0.2) is 25.4 Å². The molecule has 0 radical (unpaired) electrons. The Morgan fingerprint density at radius 3 is 2.28 bits per heavy atom. The highest BCUT2D eigenvalue weighted by atomic mass is 32.2. The smallest absolute Gasteiger partial charge is 0.246 e. The van der Waals surface area contributed by atoms with E-state index >= 15 is 0 Å². The Balaban J connectivity index is 1.70. The second-order valence-corrected chi connectivity index (χ2v) is 9.76. The number of aromatic nitrogens is 1. The van der Waals surface area contributed by atoms with E-state index in [0.717, 1.165) is 22.3 Å². The zero-order valence-electron chi connectivity index (χ0n) is 18.2. The summed E-state index contributed by atoms with van der Waals surface area (Å²) in [6, 6.07) is 24.3. The van der Waals surface area contributed by atoms with Crippen LogP contribution in [0.5, 0.6) is 0 Å². The molecule has 0 fully saturated rings. The molecule has 0 aliphatic rings. The number of para-hydroxylation sites is 2. The van der Waals surface area contributed by atoms with Gasteiger partial charge in [-0.2, -0.15) is 0 Å². The van der Waals surface area contributed by atoms with Gasteiger partial charge < -0.3 is 9.47 Å². The first-order valence-corrected chi connectivity index (χ1v) is 12.3. The first-order valence-electron chi connectivity index (χ1n) is 10.6. The third kappa shape index (κ3) is 4.32. The van der Waals surface area contributed by atoms with Gasteiger partial charge in [0, 0.05) is 29.3 Å². The van der Waals surface area contributed by atoms with Crippen molar-refractivity contribution >= 4 is 32.3 Å². The molecule has 4 aromatic rings. The number of hydrogen-bond donors (Lipinski definition) is 0. The molecule has 5 nitrogen and oxygen atoms in total. The van der Waals surface area contributed by atoms with Crippen molar-refractivity contribution in [3.05, 3.63) is 96.2 Å². The van der Waals surface area contributed by atoms with Gasteiger partial charge in [-0.1, -0.05) is 60.7 Å². The Bertz CT molecular complexity index is 1360. The lowest BCUT2D eigenvalue weighted by atomic mass is 10.1. The maximum absolute atomic E-state index is 13.4. The van der Waals surface area contributed by atoms with Gasteiger partial charge in [-0.25, -0.2) is 8.42 Å². The summed E-state index contributed by atoms with van der Waals surface area (Å²) in [6.07, 6.45) is 1.61. The van der Waals surface area contributed by atoms with E-state index in [9.17, 15) is 13.2 Å². The SMILES string of the molecule is CCN(C(=O)Cn1cc(S(=O)(=O)Cc2ccccc2C)c2ccccc21)c1ccccc1. The number of rotatable bonds is 7. The topological polar surface area (TPSA) is 59.4 Å². The molecule has 3 aromatic carbocycles. The number of carbonyl (C=O) groups excluding carboxylic acids is 1. The standard InChI is InChI=1S/C26H26N2O3S/c1-3-28(22-13-5-4-6-14-22)26(29)18-27-17-25(23-15-9-10-16-24(23)27)32(30,31)19-21-12-8-7-11-20(21)2/h4-17H,3,18-19H2,1-2H3. The van der Waals surface area contributed by atoms with Crippen LogP contribution in [0.1, 0.15) is 18.1 Å². The minimum Gasteiger partial charge on any atom is -0.337 e. The molecule has 0 saturated carbocycles. The number of likely N-dealkylation sites (N-methyl/N-ethyl adjacent to an activating group) is 1. The van der Waals surface area contributed by atoms with Crippen LogP contribution in [0.2, 0.25) is 0 Å². The first-order chi connectivity index (χ1) is 15.4. The van der Waals surface area contributed by atoms with E-state index < -0.39 is 9.84 Å². The summed E-state index contributed by atoms with van der Waals surface area (Å²) >= 11 is 0. The monoisotopic (exact) mass is 446 g/mol. The Morgan fingerprint density at radius 2 is 1.56 bits per heavy atom. The van der Waals surface area contributed by atoms with E-state index in [1.54, 1.807) is 21.7 Å². The third-order valence-electron chi connectivity index (χ3n) is 5.68. The number of nitrogens with zero attached hydrogens (tertiary/aromatic N) is 2. The minimum atomic E-state index is -3.60. The van der Waals surface area contributed by atoms with Gasteiger partial charge in [-0.3, -0.25) is 4.79 Å². The molecular weight excluding hydrogens is 420 g/mol. The number of anilines is 1. The van der Waals surface area contributed by atoms with Crippen molar-refractivity contribution in [2.24, 2.45) is 0 Å². The molecule has 0 N–H and O–H groups in total. The van der Waals surface area contributed by atoms with Crippen molar-refractivity contribution in [1.29, 1.82) is 0 Å². The molecule has 32 heavy (non-hydrogen) atoms. The summed E-state index contributed by atoms with van der Waals surface area (Å²) in [4.78, 5) is 15.1. The Hall–Kier alpha value is -3.38. The summed E-state index contributed by atoms with van der Waals surface area (Å²) in [5.74, 6) is -0.172. The fraction of sp³-hybridized carbons (Fsp3) is 0.192. The largest absolute Gasteiger partial charge is 0.337 e. The van der Waals surface area contributed by atoms with Gasteiger partial charge in [0.25, 0.3) is 0 Å². The lowest BCUT2D eigenvalue weighted by molar-refractivity contribution is -0.119. The molecule has 0 spiro atoms. The van der Waals surface area contributed by atoms with Gasteiger partial charge in [0.1, 0.15) is 6.54 Å². The number of hydrogen-bond acceptors (Lipinski definition) is 3. The molecule has 0 unspecified atom stereocenters. The average molecular weight is 447 g/mol. The Kier molecular flexibility index (Phi) is 6.15. The van der Waals surface area contributed by atoms with Crippen LogP contribution in [0.4, 0.5) is 5.69 Å². The summed E-state index contributed by atoms with van der Waals surface area (Å²) in [7, 11) is -3.60. The van der Waals surface area contributed by atoms with Crippen LogP contribution in [0.25, 0.3) is 10.9 Å². The molecule has 164 valence electrons. The highest BCUT2D eigenvalue weighted by Crippen LogP contribution is 2.29. The lowest BCUT2D eigenvalue weighted by Crippen LogP contribution is -2.33. The molecule has 4 rings (SSSR count). The molecule has 0 atom stereocenters. The average Bonchev–Trinajstić information content (AvgIpc) is 3.16. The van der Waals surface area contributed by atoms with Crippen molar-refractivity contribution < 1.29 is 13.2 Å². The normalized spacial score (nSPS) is 11.6. The van der Waals surface area contributed by atoms with Gasteiger partial charge in [0.15, 0.2) is 9.84 Å². The van der Waals surface area contributed by atoms with Gasteiger partial charge >= 0.3 is 0 Å². The molecule has 0 bridgehead atoms. The molecule has 1 aromatic heterocycles. The van der Waals surface area contributed by atoms with Crippen molar-refractivity contribution in [3.63, 3.8) is 0 Å². The van der Waals surface area contributed by atoms with E-state index in [1.165, 1.54) is 0 Å². The fourth-order valence-corrected chi connectivity index (χ4v) is 5.67. The summed E-state index contributed by atoms with van der Waals surface area (Å²) in [5, 5.41) is 0.636. The maximum Gasteiger partial charge on any atom is 0.246 e. The molecule has 0 saturated heterocycles. The van der Waals surface area contributed by atoms with Crippen LogP contribution >= 0.6 is 0 Å². The Labute approximate surface area is 188 Å². The summed E-state index contributed by atoms with van der Waals surface area (Å²) in [6.45, 7) is 4.43. The van der Waals surface area contributed by atoms with Crippen LogP contribution in [0.15, 0.2) is 90.0 Å². The van der Waals surface area contributed by atoms with Crippen LogP contribution in [-0.2, 0) is 26.9 Å². The van der Waals surface area contributed by atoms with Crippen LogP contribution in [0.3, 0.4) is 0 Å². The number of aryl methyl sites for hydroxylation is 1. The predicted molar refractivity (Wildman–Crippen MR) is 128 cm³/mol. The van der Waals surface area contributed by atoms with E-state index in [0.29, 0.717) is 11.9 Å². The second kappa shape index (κ2) is 9.01. The molecule has 0 aliphatic heterocycles. The zero-order valence-corrected chi connectivity index (χ0v) is 19.0. The molecule has 0 aliphatic carbocycles. The Morgan fingerprint density at radius 1 is 0.906 bits per heavy atom. The highest BCUT2D eigenvalue weighted by molar-refractivity contribution is 7.90. The van der Waals surface area contributed by atoms with E-state index in [4.69, 9.17) is 0 Å². The highest BCUT2D eigenvalue weighted by Gasteiger charge is 2.24. The van der Waals surface area contributed by atoms with Gasteiger partial charge in [0.05, 0.1) is 10.6 Å². The van der Waals surface area contributed by atoms with Gasteiger partial charge in [0.2, 0.25) is 5.91 Å². The number of fused-ring (bicyclic) bond motifs is 1. The fourth-order valence-electron chi connectivity index (χ4n) is 3.99. The van der Waals surface area contributed by atoms with E-state index in [1.807, 2.05) is 86.6 Å². The van der Waals surface area contributed by atoms with Crippen LogP contribution < -0.4 is 4.90 Å². The second-order valence-electron chi connectivity index (χ2n) is 7.80. The molecule has 6 heteroatoms. The summed E-state index contributed by atoms with van der Waals surface area (Å²) in [5.41, 5.74) is 3.27. The predicted octanol–water partition coefficient (Wildman–Crippen LogP) is 4.98. The summed E-state index contributed by atoms with van der Waals surface area (Å²) < 4.78 is 28.5. The van der Waals surface area contributed by atoms with Crippen molar-refractivity contribution in [1.82, 2.24) is 4.57 Å². The molecule has 1 heterocycles. The third-order valence-corrected chi connectivity index (χ3v) is 7.37. The van der Waals surface area contributed by atoms with E-state index in [2.05, 4.69) is 0 Å². The van der Waals surface area contributed by atoms with Crippen molar-refractivity contribution in [2.75, 3.05) is 11.4 Å². The number of benzene rings is 3. The number of carbonyl (C=O) groups is 1. The number of sulfone groups is 1. The van der Waals surface area contributed by atoms with Gasteiger partial charge in [-0.05, 0) is 43.2 Å². The van der Waals surface area contributed by atoms with Crippen molar-refractivity contribution in [2.45, 2.75) is 31.0 Å². The first kappa shape index (κ1) is 21.8.